The molecule has 1 heterocycles. The second kappa shape index (κ2) is 9.92. The summed E-state index contributed by atoms with van der Waals surface area (Å²) in [5.74, 6) is 0.812. The first kappa shape index (κ1) is 20.7. The number of carbonyl (C=O) groups is 1. The van der Waals surface area contributed by atoms with E-state index < -0.39 is 10.0 Å². The van der Waals surface area contributed by atoms with E-state index in [1.165, 1.54) is 23.4 Å². The molecule has 26 heavy (non-hydrogen) atoms. The molecule has 1 aromatic rings. The Morgan fingerprint density at radius 2 is 1.85 bits per heavy atom. The minimum absolute atomic E-state index is 0.0573. The number of rotatable bonds is 8. The van der Waals surface area contributed by atoms with Crippen molar-refractivity contribution < 1.29 is 17.9 Å². The minimum atomic E-state index is -3.35. The van der Waals surface area contributed by atoms with Crippen molar-refractivity contribution in [2.45, 2.75) is 38.5 Å². The van der Waals surface area contributed by atoms with Gasteiger partial charge in [-0.15, -0.1) is 0 Å². The third kappa shape index (κ3) is 6.61. The van der Waals surface area contributed by atoms with Gasteiger partial charge in [-0.3, -0.25) is 4.79 Å². The second-order valence-electron chi connectivity index (χ2n) is 6.81. The van der Waals surface area contributed by atoms with E-state index in [0.717, 1.165) is 37.2 Å². The van der Waals surface area contributed by atoms with E-state index in [9.17, 15) is 13.2 Å². The molecule has 0 atom stereocenters. The molecule has 1 aliphatic rings. The van der Waals surface area contributed by atoms with Crippen LogP contribution in [0.3, 0.4) is 0 Å². The summed E-state index contributed by atoms with van der Waals surface area (Å²) in [6.07, 6.45) is 6.44. The van der Waals surface area contributed by atoms with Crippen LogP contribution in [0.1, 0.15) is 37.7 Å². The second-order valence-corrected chi connectivity index (χ2v) is 8.79. The first-order valence-electron chi connectivity index (χ1n) is 9.26. The Hall–Kier alpha value is -1.60. The van der Waals surface area contributed by atoms with Crippen molar-refractivity contribution in [3.63, 3.8) is 0 Å². The lowest BCUT2D eigenvalue weighted by Crippen LogP contribution is -2.38. The van der Waals surface area contributed by atoms with Crippen LogP contribution in [0.15, 0.2) is 24.3 Å². The third-order valence-electron chi connectivity index (χ3n) is 4.79. The molecular weight excluding hydrogens is 352 g/mol. The molecule has 0 radical (unpaired) electrons. The van der Waals surface area contributed by atoms with Crippen LogP contribution in [0.25, 0.3) is 0 Å². The number of amides is 1. The van der Waals surface area contributed by atoms with Crippen LogP contribution in [-0.2, 0) is 21.2 Å². The number of hydrogen-bond acceptors (Lipinski definition) is 4. The fraction of sp³-hybridized carbons (Fsp3) is 0.632. The lowest BCUT2D eigenvalue weighted by molar-refractivity contribution is -0.131. The predicted molar refractivity (Wildman–Crippen MR) is 103 cm³/mol. The lowest BCUT2D eigenvalue weighted by atomic mass is 10.1. The molecule has 7 heteroatoms. The van der Waals surface area contributed by atoms with Gasteiger partial charge in [-0.05, 0) is 37.0 Å². The van der Waals surface area contributed by atoms with E-state index >= 15 is 0 Å². The van der Waals surface area contributed by atoms with E-state index in [1.54, 1.807) is 7.11 Å². The Labute approximate surface area is 157 Å². The van der Waals surface area contributed by atoms with Gasteiger partial charge in [0.2, 0.25) is 15.9 Å². The first-order valence-corrected chi connectivity index (χ1v) is 11.1. The zero-order valence-electron chi connectivity index (χ0n) is 15.8. The van der Waals surface area contributed by atoms with Crippen molar-refractivity contribution in [3.8, 4) is 5.75 Å². The molecule has 0 unspecified atom stereocenters. The van der Waals surface area contributed by atoms with Gasteiger partial charge in [-0.1, -0.05) is 25.0 Å². The first-order chi connectivity index (χ1) is 12.4. The van der Waals surface area contributed by atoms with Crippen LogP contribution in [0, 0.1) is 0 Å². The van der Waals surface area contributed by atoms with Crippen LogP contribution >= 0.6 is 0 Å². The molecule has 0 spiro atoms. The van der Waals surface area contributed by atoms with Gasteiger partial charge in [0, 0.05) is 32.6 Å². The maximum absolute atomic E-state index is 12.4. The van der Waals surface area contributed by atoms with Crippen molar-refractivity contribution in [1.29, 1.82) is 0 Å². The highest BCUT2D eigenvalue weighted by molar-refractivity contribution is 7.88. The number of carbonyl (C=O) groups excluding carboxylic acids is 1. The number of sulfonamides is 1. The molecule has 6 nitrogen and oxygen atoms in total. The average Bonchev–Trinajstić information content (AvgIpc) is 2.90. The van der Waals surface area contributed by atoms with Gasteiger partial charge >= 0.3 is 0 Å². The Bertz CT molecular complexity index is 683. The maximum atomic E-state index is 12.4. The highest BCUT2D eigenvalue weighted by Crippen LogP contribution is 2.15. The molecule has 0 aromatic heterocycles. The molecule has 1 saturated heterocycles. The normalized spacial score (nSPS) is 15.7. The van der Waals surface area contributed by atoms with Gasteiger partial charge in [-0.25, -0.2) is 12.7 Å². The van der Waals surface area contributed by atoms with Crippen molar-refractivity contribution >= 4 is 15.9 Å². The summed E-state index contributed by atoms with van der Waals surface area (Å²) in [6, 6.07) is 7.60. The quantitative estimate of drug-likeness (QED) is 0.692. The molecule has 0 N–H and O–H groups in total. The summed E-state index contributed by atoms with van der Waals surface area (Å²) in [6.45, 7) is 2.18. The van der Waals surface area contributed by atoms with Gasteiger partial charge in [0.25, 0.3) is 0 Å². The summed E-state index contributed by atoms with van der Waals surface area (Å²) in [7, 11) is -1.75. The van der Waals surface area contributed by atoms with Gasteiger partial charge in [0.05, 0.1) is 13.4 Å². The molecular formula is C19H30N2O4S. The van der Waals surface area contributed by atoms with Crippen LogP contribution in [0.4, 0.5) is 0 Å². The van der Waals surface area contributed by atoms with Gasteiger partial charge in [0.15, 0.2) is 0 Å². The van der Waals surface area contributed by atoms with Crippen LogP contribution in [-0.4, -0.2) is 63.1 Å². The number of ether oxygens (including phenoxy) is 1. The van der Waals surface area contributed by atoms with Crippen molar-refractivity contribution in [1.82, 2.24) is 9.21 Å². The maximum Gasteiger partial charge on any atom is 0.223 e. The number of methoxy groups -OCH3 is 1. The molecule has 1 amide bonds. The molecule has 1 aromatic carbocycles. The van der Waals surface area contributed by atoms with E-state index in [2.05, 4.69) is 0 Å². The summed E-state index contributed by atoms with van der Waals surface area (Å²) < 4.78 is 30.8. The van der Waals surface area contributed by atoms with E-state index in [-0.39, 0.29) is 18.9 Å². The largest absolute Gasteiger partial charge is 0.497 e. The van der Waals surface area contributed by atoms with Crippen LogP contribution in [0.5, 0.6) is 5.75 Å². The van der Waals surface area contributed by atoms with Crippen LogP contribution < -0.4 is 4.74 Å². The summed E-state index contributed by atoms with van der Waals surface area (Å²) >= 11 is 0. The van der Waals surface area contributed by atoms with Crippen molar-refractivity contribution in [3.05, 3.63) is 29.8 Å². The SMILES string of the molecule is COc1cccc(CCN(CCC(=O)N2CCCCCC2)S(C)(=O)=O)c1. The van der Waals surface area contributed by atoms with Gasteiger partial charge < -0.3 is 9.64 Å². The monoisotopic (exact) mass is 382 g/mol. The summed E-state index contributed by atoms with van der Waals surface area (Å²) in [5.41, 5.74) is 1.01. The highest BCUT2D eigenvalue weighted by atomic mass is 32.2. The Balaban J connectivity index is 1.91. The zero-order chi connectivity index (χ0) is 19.0. The van der Waals surface area contributed by atoms with E-state index in [0.29, 0.717) is 13.0 Å². The number of hydrogen-bond donors (Lipinski definition) is 0. The Morgan fingerprint density at radius 1 is 1.15 bits per heavy atom. The zero-order valence-corrected chi connectivity index (χ0v) is 16.6. The smallest absolute Gasteiger partial charge is 0.223 e. The number of likely N-dealkylation sites (tertiary alicyclic amines) is 1. The predicted octanol–water partition coefficient (Wildman–Crippen LogP) is 2.29. The molecule has 2 rings (SSSR count). The number of nitrogens with zero attached hydrogens (tertiary/aromatic N) is 2. The third-order valence-corrected chi connectivity index (χ3v) is 6.09. The van der Waals surface area contributed by atoms with Crippen LogP contribution in [0.2, 0.25) is 0 Å². The summed E-state index contributed by atoms with van der Waals surface area (Å²) in [4.78, 5) is 14.3. The topological polar surface area (TPSA) is 66.9 Å². The van der Waals surface area contributed by atoms with Gasteiger partial charge in [0.1, 0.15) is 5.75 Å². The standard InChI is InChI=1S/C19H30N2O4S/c1-25-18-9-7-8-17(16-18)10-14-21(26(2,23)24)15-11-19(22)20-12-5-3-4-6-13-20/h7-9,16H,3-6,10-15H2,1-2H3. The molecule has 0 bridgehead atoms. The highest BCUT2D eigenvalue weighted by Gasteiger charge is 2.21. The fourth-order valence-corrected chi connectivity index (χ4v) is 4.07. The molecule has 1 fully saturated rings. The minimum Gasteiger partial charge on any atom is -0.497 e. The Kier molecular flexibility index (Phi) is 7.90. The molecule has 0 aliphatic carbocycles. The van der Waals surface area contributed by atoms with E-state index in [1.807, 2.05) is 29.2 Å². The Morgan fingerprint density at radius 3 is 2.46 bits per heavy atom. The van der Waals surface area contributed by atoms with Crippen molar-refractivity contribution in [2.24, 2.45) is 0 Å². The van der Waals surface area contributed by atoms with E-state index in [4.69, 9.17) is 4.74 Å². The molecule has 146 valence electrons. The molecule has 1 aliphatic heterocycles. The number of benzene rings is 1. The molecule has 0 saturated carbocycles. The van der Waals surface area contributed by atoms with Gasteiger partial charge in [-0.2, -0.15) is 0 Å². The fourth-order valence-electron chi connectivity index (χ4n) is 3.22. The average molecular weight is 383 g/mol. The lowest BCUT2D eigenvalue weighted by Gasteiger charge is -2.23. The summed E-state index contributed by atoms with van der Waals surface area (Å²) in [5, 5.41) is 0. The van der Waals surface area contributed by atoms with Crippen molar-refractivity contribution in [2.75, 3.05) is 39.5 Å².